The van der Waals surface area contributed by atoms with Crippen molar-refractivity contribution in [3.8, 4) is 0 Å². The number of hydrogen-bond acceptors (Lipinski definition) is 3. The van der Waals surface area contributed by atoms with E-state index >= 15 is 0 Å². The van der Waals surface area contributed by atoms with Crippen LogP contribution in [-0.2, 0) is 0 Å². The van der Waals surface area contributed by atoms with Crippen LogP contribution in [0.25, 0.3) is 0 Å². The first-order valence-electron chi connectivity index (χ1n) is 6.56. The molecule has 1 aliphatic rings. The molecule has 0 atom stereocenters. The van der Waals surface area contributed by atoms with E-state index < -0.39 is 0 Å². The second-order valence-electron chi connectivity index (χ2n) is 4.89. The summed E-state index contributed by atoms with van der Waals surface area (Å²) in [6.07, 6.45) is 5.30. The van der Waals surface area contributed by atoms with Crippen LogP contribution in [0.3, 0.4) is 0 Å². The summed E-state index contributed by atoms with van der Waals surface area (Å²) in [7, 11) is 1.61. The minimum Gasteiger partial charge on any atom is -0.397 e. The summed E-state index contributed by atoms with van der Waals surface area (Å²) in [5.74, 6) is 0.863. The van der Waals surface area contributed by atoms with Crippen molar-refractivity contribution in [2.45, 2.75) is 25.7 Å². The quantitative estimate of drug-likeness (QED) is 0.533. The molecule has 0 saturated heterocycles. The number of rotatable bonds is 6. The molecular weight excluding hydrogens is 226 g/mol. The molecular formula is C14H21N3O. The first kappa shape index (κ1) is 12.7. The van der Waals surface area contributed by atoms with Crippen molar-refractivity contribution in [2.24, 2.45) is 5.92 Å². The number of amides is 1. The molecule has 2 rings (SSSR count). The minimum absolute atomic E-state index is 0.109. The number of carbonyl (C=O) groups is 1. The maximum atomic E-state index is 11.4. The molecule has 0 radical (unpaired) electrons. The summed E-state index contributed by atoms with van der Waals surface area (Å²) in [5, 5.41) is 5.91. The molecule has 1 amide bonds. The second-order valence-corrected chi connectivity index (χ2v) is 4.89. The second kappa shape index (κ2) is 5.76. The molecule has 4 N–H and O–H groups in total. The Morgan fingerprint density at radius 2 is 2.22 bits per heavy atom. The number of carbonyl (C=O) groups excluding carboxylic acids is 1. The SMILES string of the molecule is CNC(=O)c1ccc(NCCCC2CC2)c(N)c1. The van der Waals surface area contributed by atoms with E-state index in [2.05, 4.69) is 10.6 Å². The molecule has 4 heteroatoms. The number of anilines is 2. The van der Waals surface area contributed by atoms with E-state index in [1.807, 2.05) is 6.07 Å². The Kier molecular flexibility index (Phi) is 4.07. The van der Waals surface area contributed by atoms with Crippen molar-refractivity contribution in [2.75, 3.05) is 24.6 Å². The van der Waals surface area contributed by atoms with E-state index in [0.717, 1.165) is 18.2 Å². The highest BCUT2D eigenvalue weighted by atomic mass is 16.1. The summed E-state index contributed by atoms with van der Waals surface area (Å²) in [6, 6.07) is 5.37. The number of hydrogen-bond donors (Lipinski definition) is 3. The smallest absolute Gasteiger partial charge is 0.251 e. The van der Waals surface area contributed by atoms with Gasteiger partial charge in [0.2, 0.25) is 0 Å². The number of benzene rings is 1. The molecule has 0 aliphatic heterocycles. The molecule has 0 bridgehead atoms. The van der Waals surface area contributed by atoms with Gasteiger partial charge in [-0.1, -0.05) is 12.8 Å². The average Bonchev–Trinajstić information content (AvgIpc) is 3.19. The minimum atomic E-state index is -0.109. The fraction of sp³-hybridized carbons (Fsp3) is 0.500. The zero-order valence-corrected chi connectivity index (χ0v) is 10.8. The lowest BCUT2D eigenvalue weighted by Crippen LogP contribution is -2.18. The van der Waals surface area contributed by atoms with E-state index in [-0.39, 0.29) is 5.91 Å². The number of nitrogens with two attached hydrogens (primary N) is 1. The normalized spacial score (nSPS) is 14.3. The molecule has 1 saturated carbocycles. The molecule has 0 spiro atoms. The van der Waals surface area contributed by atoms with Crippen molar-refractivity contribution < 1.29 is 4.79 Å². The van der Waals surface area contributed by atoms with Gasteiger partial charge in [-0.15, -0.1) is 0 Å². The summed E-state index contributed by atoms with van der Waals surface area (Å²) in [5.41, 5.74) is 8.06. The van der Waals surface area contributed by atoms with Crippen LogP contribution in [0, 0.1) is 5.92 Å². The Labute approximate surface area is 108 Å². The van der Waals surface area contributed by atoms with Crippen LogP contribution in [0.15, 0.2) is 18.2 Å². The highest BCUT2D eigenvalue weighted by Gasteiger charge is 2.19. The van der Waals surface area contributed by atoms with E-state index in [9.17, 15) is 4.79 Å². The van der Waals surface area contributed by atoms with Crippen molar-refractivity contribution in [1.29, 1.82) is 0 Å². The zero-order chi connectivity index (χ0) is 13.0. The topological polar surface area (TPSA) is 67.2 Å². The molecule has 18 heavy (non-hydrogen) atoms. The zero-order valence-electron chi connectivity index (χ0n) is 10.8. The fourth-order valence-electron chi connectivity index (χ4n) is 2.03. The lowest BCUT2D eigenvalue weighted by Gasteiger charge is -2.10. The third-order valence-electron chi connectivity index (χ3n) is 3.34. The molecule has 0 aromatic heterocycles. The monoisotopic (exact) mass is 247 g/mol. The molecule has 1 fully saturated rings. The molecule has 1 aromatic carbocycles. The van der Waals surface area contributed by atoms with Gasteiger partial charge in [-0.05, 0) is 37.0 Å². The number of nitrogen functional groups attached to an aromatic ring is 1. The van der Waals surface area contributed by atoms with E-state index in [1.54, 1.807) is 19.2 Å². The van der Waals surface area contributed by atoms with Crippen LogP contribution < -0.4 is 16.4 Å². The molecule has 0 heterocycles. The van der Waals surface area contributed by atoms with Crippen LogP contribution in [0.2, 0.25) is 0 Å². The van der Waals surface area contributed by atoms with Gasteiger partial charge in [-0.2, -0.15) is 0 Å². The summed E-state index contributed by atoms with van der Waals surface area (Å²) in [6.45, 7) is 0.944. The van der Waals surface area contributed by atoms with Crippen molar-refractivity contribution in [3.63, 3.8) is 0 Å². The van der Waals surface area contributed by atoms with Crippen LogP contribution in [-0.4, -0.2) is 19.5 Å². The van der Waals surface area contributed by atoms with Crippen LogP contribution >= 0.6 is 0 Å². The van der Waals surface area contributed by atoms with Crippen LogP contribution in [0.5, 0.6) is 0 Å². The largest absolute Gasteiger partial charge is 0.397 e. The Hall–Kier alpha value is -1.71. The third kappa shape index (κ3) is 3.39. The predicted molar refractivity (Wildman–Crippen MR) is 74.7 cm³/mol. The predicted octanol–water partition coefficient (Wildman–Crippen LogP) is 2.23. The fourth-order valence-corrected chi connectivity index (χ4v) is 2.03. The van der Waals surface area contributed by atoms with Gasteiger partial charge in [-0.3, -0.25) is 4.79 Å². The third-order valence-corrected chi connectivity index (χ3v) is 3.34. The van der Waals surface area contributed by atoms with Gasteiger partial charge in [0.25, 0.3) is 5.91 Å². The Balaban J connectivity index is 1.85. The lowest BCUT2D eigenvalue weighted by molar-refractivity contribution is 0.0963. The van der Waals surface area contributed by atoms with Gasteiger partial charge in [0.15, 0.2) is 0 Å². The van der Waals surface area contributed by atoms with Gasteiger partial charge < -0.3 is 16.4 Å². The summed E-state index contributed by atoms with van der Waals surface area (Å²) >= 11 is 0. The average molecular weight is 247 g/mol. The molecule has 0 unspecified atom stereocenters. The lowest BCUT2D eigenvalue weighted by atomic mass is 10.1. The van der Waals surface area contributed by atoms with Gasteiger partial charge >= 0.3 is 0 Å². The van der Waals surface area contributed by atoms with Crippen molar-refractivity contribution in [1.82, 2.24) is 5.32 Å². The van der Waals surface area contributed by atoms with Crippen LogP contribution in [0.1, 0.15) is 36.0 Å². The maximum Gasteiger partial charge on any atom is 0.251 e. The summed E-state index contributed by atoms with van der Waals surface area (Å²) in [4.78, 5) is 11.4. The van der Waals surface area contributed by atoms with E-state index in [0.29, 0.717) is 11.3 Å². The molecule has 4 nitrogen and oxygen atoms in total. The van der Waals surface area contributed by atoms with Gasteiger partial charge in [0.1, 0.15) is 0 Å². The van der Waals surface area contributed by atoms with Crippen LogP contribution in [0.4, 0.5) is 11.4 Å². The van der Waals surface area contributed by atoms with Gasteiger partial charge in [-0.25, -0.2) is 0 Å². The standard InChI is InChI=1S/C14H21N3O/c1-16-14(18)11-6-7-13(12(15)9-11)17-8-2-3-10-4-5-10/h6-7,9-10,17H,2-5,8,15H2,1H3,(H,16,18). The molecule has 1 aliphatic carbocycles. The Morgan fingerprint density at radius 1 is 1.44 bits per heavy atom. The van der Waals surface area contributed by atoms with Crippen molar-refractivity contribution >= 4 is 17.3 Å². The van der Waals surface area contributed by atoms with E-state index in [1.165, 1.54) is 25.7 Å². The Bertz CT molecular complexity index is 427. The molecule has 98 valence electrons. The van der Waals surface area contributed by atoms with Gasteiger partial charge in [0, 0.05) is 19.2 Å². The summed E-state index contributed by atoms with van der Waals surface area (Å²) < 4.78 is 0. The maximum absolute atomic E-state index is 11.4. The highest BCUT2D eigenvalue weighted by molar-refractivity contribution is 5.95. The first-order chi connectivity index (χ1) is 8.70. The van der Waals surface area contributed by atoms with E-state index in [4.69, 9.17) is 5.73 Å². The number of nitrogens with one attached hydrogen (secondary N) is 2. The highest BCUT2D eigenvalue weighted by Crippen LogP contribution is 2.33. The molecule has 1 aromatic rings. The first-order valence-corrected chi connectivity index (χ1v) is 6.56. The Morgan fingerprint density at radius 3 is 2.83 bits per heavy atom. The van der Waals surface area contributed by atoms with Gasteiger partial charge in [0.05, 0.1) is 11.4 Å². The van der Waals surface area contributed by atoms with Crippen molar-refractivity contribution in [3.05, 3.63) is 23.8 Å².